The van der Waals surface area contributed by atoms with Gasteiger partial charge in [-0.3, -0.25) is 14.0 Å². The first-order valence-corrected chi connectivity index (χ1v) is 12.4. The zero-order valence-corrected chi connectivity index (χ0v) is 21.3. The number of hydrogen-bond donors (Lipinski definition) is 0. The summed E-state index contributed by atoms with van der Waals surface area (Å²) in [7, 11) is 0. The molecule has 1 aromatic carbocycles. The number of amides is 1. The van der Waals surface area contributed by atoms with Crippen LogP contribution in [0.15, 0.2) is 58.4 Å². The third kappa shape index (κ3) is 5.05. The fourth-order valence-corrected chi connectivity index (χ4v) is 4.40. The minimum Gasteiger partial charge on any atom is -0.462 e. The molecule has 0 fully saturated rings. The highest BCUT2D eigenvalue weighted by Gasteiger charge is 2.20. The van der Waals surface area contributed by atoms with Crippen LogP contribution in [0.3, 0.4) is 0 Å². The van der Waals surface area contributed by atoms with Crippen LogP contribution in [-0.2, 0) is 11.3 Å². The smallest absolute Gasteiger partial charge is 0.341 e. The molecule has 0 aliphatic heterocycles. The lowest BCUT2D eigenvalue weighted by Gasteiger charge is -2.15. The molecule has 0 saturated heterocycles. The van der Waals surface area contributed by atoms with Gasteiger partial charge in [0.05, 0.1) is 22.6 Å². The average molecular weight is 527 g/mol. The number of ether oxygens (including phenoxy) is 1. The molecule has 0 atom stereocenters. The number of hydrogen-bond acceptors (Lipinski definition) is 5. The lowest BCUT2D eigenvalue weighted by Crippen LogP contribution is -2.33. The van der Waals surface area contributed by atoms with E-state index in [9.17, 15) is 14.4 Å². The first-order valence-electron chi connectivity index (χ1n) is 11.6. The van der Waals surface area contributed by atoms with Crippen LogP contribution in [0.4, 0.5) is 0 Å². The van der Waals surface area contributed by atoms with E-state index in [-0.39, 0.29) is 39.2 Å². The van der Waals surface area contributed by atoms with Crippen molar-refractivity contribution in [3.63, 3.8) is 0 Å². The van der Waals surface area contributed by atoms with Crippen molar-refractivity contribution in [2.24, 2.45) is 4.99 Å². The van der Waals surface area contributed by atoms with Crippen LogP contribution in [-0.4, -0.2) is 32.4 Å². The summed E-state index contributed by atoms with van der Waals surface area (Å²) in [5.74, 6) is -1.36. The number of benzene rings is 1. The second-order valence-electron chi connectivity index (χ2n) is 8.09. The topological polar surface area (TPSA) is 95.0 Å². The molecule has 4 rings (SSSR count). The highest BCUT2D eigenvalue weighted by Crippen LogP contribution is 2.22. The van der Waals surface area contributed by atoms with E-state index < -0.39 is 11.9 Å². The summed E-state index contributed by atoms with van der Waals surface area (Å²) in [6.07, 6.45) is 4.17. The number of rotatable bonds is 7. The largest absolute Gasteiger partial charge is 0.462 e. The fourth-order valence-electron chi connectivity index (χ4n) is 3.91. The first kappa shape index (κ1) is 25.6. The summed E-state index contributed by atoms with van der Waals surface area (Å²) < 4.78 is 8.31. The van der Waals surface area contributed by atoms with Crippen LogP contribution < -0.4 is 11.0 Å². The summed E-state index contributed by atoms with van der Waals surface area (Å²) in [6, 6.07) is 11.1. The van der Waals surface area contributed by atoms with Gasteiger partial charge in [0.2, 0.25) is 0 Å². The highest BCUT2D eigenvalue weighted by molar-refractivity contribution is 6.36. The van der Waals surface area contributed by atoms with Gasteiger partial charge in [0.1, 0.15) is 16.9 Å². The Labute approximate surface area is 216 Å². The fraction of sp³-hybridized carbons (Fsp3) is 0.269. The standard InChI is InChI=1S/C26H24Cl2N4O4/c1-3-5-7-13-32-22-18(25(34)31-12-8-6-9-21(31)29-22)15-19(26(35)36-4-2)23(32)30-24(33)17-11-10-16(27)14-20(17)28/h6,8-12,14-15H,3-5,7,13H2,1-2H3. The minimum absolute atomic E-state index is 0.00549. The lowest BCUT2D eigenvalue weighted by atomic mass is 10.1. The van der Waals surface area contributed by atoms with Crippen LogP contribution in [0, 0.1) is 0 Å². The maximum Gasteiger partial charge on any atom is 0.341 e. The van der Waals surface area contributed by atoms with E-state index >= 15 is 0 Å². The van der Waals surface area contributed by atoms with Crippen molar-refractivity contribution in [1.29, 1.82) is 0 Å². The van der Waals surface area contributed by atoms with Crippen LogP contribution in [0.5, 0.6) is 0 Å². The Hall–Kier alpha value is -3.49. The number of aryl methyl sites for hydroxylation is 1. The second-order valence-corrected chi connectivity index (χ2v) is 8.93. The zero-order valence-electron chi connectivity index (χ0n) is 19.8. The normalized spacial score (nSPS) is 11.8. The van der Waals surface area contributed by atoms with Gasteiger partial charge in [0, 0.05) is 17.8 Å². The Bertz CT molecular complexity index is 1610. The molecule has 186 valence electrons. The molecule has 0 N–H and O–H groups in total. The number of halogens is 2. The third-order valence-electron chi connectivity index (χ3n) is 5.64. The Morgan fingerprint density at radius 1 is 1.06 bits per heavy atom. The van der Waals surface area contributed by atoms with Gasteiger partial charge in [-0.1, -0.05) is 49.0 Å². The number of esters is 1. The van der Waals surface area contributed by atoms with E-state index in [4.69, 9.17) is 32.9 Å². The summed E-state index contributed by atoms with van der Waals surface area (Å²) in [6.45, 7) is 4.23. The van der Waals surface area contributed by atoms with Gasteiger partial charge in [-0.05, 0) is 49.7 Å². The van der Waals surface area contributed by atoms with Crippen molar-refractivity contribution in [1.82, 2.24) is 14.0 Å². The van der Waals surface area contributed by atoms with Crippen LogP contribution in [0.2, 0.25) is 10.0 Å². The molecule has 3 heterocycles. The number of carbonyl (C=O) groups is 2. The maximum absolute atomic E-state index is 13.4. The van der Waals surface area contributed by atoms with Crippen molar-refractivity contribution >= 4 is 51.8 Å². The molecule has 1 amide bonds. The summed E-state index contributed by atoms with van der Waals surface area (Å²) in [5.41, 5.74) is 0.589. The number of carbonyl (C=O) groups excluding carboxylic acids is 2. The van der Waals surface area contributed by atoms with E-state index in [1.165, 1.54) is 28.7 Å². The maximum atomic E-state index is 13.4. The molecule has 0 spiro atoms. The number of fused-ring (bicyclic) bond motifs is 2. The van der Waals surface area contributed by atoms with Crippen molar-refractivity contribution in [3.8, 4) is 0 Å². The van der Waals surface area contributed by atoms with E-state index in [1.807, 2.05) is 0 Å². The second kappa shape index (κ2) is 11.1. The van der Waals surface area contributed by atoms with Gasteiger partial charge in [-0.25, -0.2) is 9.78 Å². The van der Waals surface area contributed by atoms with Crippen LogP contribution in [0.1, 0.15) is 53.8 Å². The predicted molar refractivity (Wildman–Crippen MR) is 139 cm³/mol. The molecule has 10 heteroatoms. The minimum atomic E-state index is -0.699. The summed E-state index contributed by atoms with van der Waals surface area (Å²) in [5, 5.41) is 0.726. The van der Waals surface area contributed by atoms with Gasteiger partial charge < -0.3 is 9.30 Å². The lowest BCUT2D eigenvalue weighted by molar-refractivity contribution is 0.0523. The van der Waals surface area contributed by atoms with Gasteiger partial charge in [-0.15, -0.1) is 0 Å². The van der Waals surface area contributed by atoms with Gasteiger partial charge in [0.25, 0.3) is 11.5 Å². The van der Waals surface area contributed by atoms with Crippen LogP contribution in [0.25, 0.3) is 16.7 Å². The van der Waals surface area contributed by atoms with Gasteiger partial charge >= 0.3 is 5.97 Å². The van der Waals surface area contributed by atoms with E-state index in [2.05, 4.69) is 11.9 Å². The Balaban J connectivity index is 2.09. The molecule has 36 heavy (non-hydrogen) atoms. The van der Waals surface area contributed by atoms with Crippen molar-refractivity contribution in [3.05, 3.63) is 85.7 Å². The van der Waals surface area contributed by atoms with Crippen molar-refractivity contribution < 1.29 is 14.3 Å². The van der Waals surface area contributed by atoms with E-state index in [0.717, 1.165) is 19.3 Å². The molecule has 0 aliphatic rings. The number of aromatic nitrogens is 3. The predicted octanol–water partition coefficient (Wildman–Crippen LogP) is 5.06. The molecule has 0 unspecified atom stereocenters. The van der Waals surface area contributed by atoms with Crippen molar-refractivity contribution in [2.75, 3.05) is 6.61 Å². The zero-order chi connectivity index (χ0) is 25.8. The summed E-state index contributed by atoms with van der Waals surface area (Å²) >= 11 is 12.2. The van der Waals surface area contributed by atoms with Crippen LogP contribution >= 0.6 is 23.2 Å². The monoisotopic (exact) mass is 526 g/mol. The number of pyridine rings is 2. The Morgan fingerprint density at radius 3 is 2.58 bits per heavy atom. The average Bonchev–Trinajstić information content (AvgIpc) is 2.85. The quantitative estimate of drug-likeness (QED) is 0.190. The molecule has 0 radical (unpaired) electrons. The molecule has 0 bridgehead atoms. The van der Waals surface area contributed by atoms with Gasteiger partial charge in [-0.2, -0.15) is 4.99 Å². The SMILES string of the molecule is CCCCCn1c(=NC(=O)c2ccc(Cl)cc2Cl)c(C(=O)OCC)cc2c(=O)n3ccccc3nc21. The summed E-state index contributed by atoms with van der Waals surface area (Å²) in [4.78, 5) is 48.6. The molecule has 0 aliphatic carbocycles. The first-order chi connectivity index (χ1) is 17.3. The molecule has 3 aromatic heterocycles. The van der Waals surface area contributed by atoms with E-state index in [0.29, 0.717) is 22.9 Å². The van der Waals surface area contributed by atoms with E-state index in [1.54, 1.807) is 35.9 Å². The molecule has 8 nitrogen and oxygen atoms in total. The molecule has 4 aromatic rings. The number of nitrogens with zero attached hydrogens (tertiary/aromatic N) is 4. The highest BCUT2D eigenvalue weighted by atomic mass is 35.5. The Morgan fingerprint density at radius 2 is 1.86 bits per heavy atom. The molecular weight excluding hydrogens is 503 g/mol. The number of unbranched alkanes of at least 4 members (excludes halogenated alkanes) is 2. The van der Waals surface area contributed by atoms with Crippen molar-refractivity contribution in [2.45, 2.75) is 39.7 Å². The molecule has 0 saturated carbocycles. The van der Waals surface area contributed by atoms with Gasteiger partial charge in [0.15, 0.2) is 5.49 Å². The molecular formula is C26H24Cl2N4O4. The third-order valence-corrected chi connectivity index (χ3v) is 6.19. The Kier molecular flexibility index (Phi) is 7.86.